The number of unbranched alkanes of at least 4 members (excludes halogenated alkanes) is 2. The van der Waals surface area contributed by atoms with E-state index in [1.54, 1.807) is 8.87 Å². The molecule has 0 aromatic rings. The summed E-state index contributed by atoms with van der Waals surface area (Å²) in [6, 6.07) is 0. The van der Waals surface area contributed by atoms with Gasteiger partial charge in [-0.15, -0.1) is 8.13 Å². The van der Waals surface area contributed by atoms with E-state index in [1.807, 2.05) is 0 Å². The molecule has 5 heteroatoms. The maximum absolute atomic E-state index is 6.36. The molecule has 0 spiro atoms. The molecular weight excluding hydrogens is 450 g/mol. The number of hydrogen-bond donors (Lipinski definition) is 0. The van der Waals surface area contributed by atoms with E-state index in [1.165, 1.54) is 25.7 Å². The van der Waals surface area contributed by atoms with E-state index in [2.05, 4.69) is 73.9 Å². The summed E-state index contributed by atoms with van der Waals surface area (Å²) in [6.07, 6.45) is 5.84. The summed E-state index contributed by atoms with van der Waals surface area (Å²) in [4.78, 5) is 0. The van der Waals surface area contributed by atoms with Gasteiger partial charge in [0, 0.05) is 0 Å². The van der Waals surface area contributed by atoms with Gasteiger partial charge in [-0.1, -0.05) is 40.4 Å². The zero-order valence-corrected chi connectivity index (χ0v) is 24.6. The van der Waals surface area contributed by atoms with Gasteiger partial charge in [0.05, 0.1) is 13.6 Å². The Morgan fingerprint density at radius 2 is 1.29 bits per heavy atom. The first-order valence-corrected chi connectivity index (χ1v) is 22.9. The topological polar surface area (TPSA) is 9.23 Å². The zero-order chi connectivity index (χ0) is 19.4. The van der Waals surface area contributed by atoms with Crippen LogP contribution in [0, 0.1) is 5.41 Å². The summed E-state index contributed by atoms with van der Waals surface area (Å²) in [5.74, 6) is 0.468. The van der Waals surface area contributed by atoms with E-state index < -0.39 is 16.1 Å². The van der Waals surface area contributed by atoms with Crippen LogP contribution < -0.4 is 0 Å². The molecule has 2 radical (unpaired) electrons. The van der Waals surface area contributed by atoms with E-state index >= 15 is 0 Å². The zero-order valence-electron chi connectivity index (χ0n) is 18.7. The molecule has 2 atom stereocenters. The van der Waals surface area contributed by atoms with Crippen LogP contribution >= 0.6 is 8.13 Å². The van der Waals surface area contributed by atoms with Crippen LogP contribution in [-0.4, -0.2) is 43.0 Å². The van der Waals surface area contributed by atoms with Crippen molar-refractivity contribution in [3.8, 4) is 0 Å². The van der Waals surface area contributed by atoms with Gasteiger partial charge in [0.25, 0.3) is 0 Å². The van der Waals surface area contributed by atoms with E-state index in [4.69, 9.17) is 4.43 Å². The van der Waals surface area contributed by atoms with Gasteiger partial charge in [-0.3, -0.25) is 0 Å². The Morgan fingerprint density at radius 1 is 0.875 bits per heavy atom. The van der Waals surface area contributed by atoms with Crippen LogP contribution in [0.5, 0.6) is 0 Å². The van der Waals surface area contributed by atoms with Crippen molar-refractivity contribution in [2.24, 2.45) is 5.41 Å². The van der Waals surface area contributed by atoms with Crippen LogP contribution in [0.25, 0.3) is 0 Å². The van der Waals surface area contributed by atoms with Gasteiger partial charge >= 0.3 is 69.5 Å². The van der Waals surface area contributed by atoms with Crippen LogP contribution in [0.4, 0.5) is 0 Å². The molecule has 0 aliphatic rings. The van der Waals surface area contributed by atoms with Crippen molar-refractivity contribution in [1.29, 1.82) is 0 Å². The van der Waals surface area contributed by atoms with E-state index in [0.29, 0.717) is 11.3 Å². The quantitative estimate of drug-likeness (QED) is 0.170. The molecule has 0 saturated heterocycles. The predicted octanol–water partition coefficient (Wildman–Crippen LogP) is 7.85. The van der Waals surface area contributed by atoms with Crippen LogP contribution in [-0.2, 0) is 4.43 Å². The van der Waals surface area contributed by atoms with Crippen molar-refractivity contribution in [3.63, 3.8) is 0 Å². The minimum absolute atomic E-state index is 0.149. The Hall–Kier alpha value is 1.62. The number of rotatable bonds is 10. The maximum atomic E-state index is 6.36. The third-order valence-corrected chi connectivity index (χ3v) is 13.9. The van der Waals surface area contributed by atoms with Crippen LogP contribution in [0.3, 0.4) is 0 Å². The van der Waals surface area contributed by atoms with Crippen molar-refractivity contribution < 1.29 is 4.43 Å². The molecule has 0 bridgehead atoms. The third kappa shape index (κ3) is 21.7. The Morgan fingerprint density at radius 3 is 1.54 bits per heavy atom. The molecule has 0 aromatic heterocycles. The Kier molecular flexibility index (Phi) is 15.9. The Balaban J connectivity index is 0. The van der Waals surface area contributed by atoms with Gasteiger partial charge in [0.1, 0.15) is 0 Å². The van der Waals surface area contributed by atoms with E-state index in [0.717, 1.165) is 8.13 Å². The second-order valence-corrected chi connectivity index (χ2v) is 29.2. The van der Waals surface area contributed by atoms with Crippen molar-refractivity contribution in [1.82, 2.24) is 0 Å². The van der Waals surface area contributed by atoms with Crippen molar-refractivity contribution in [3.05, 3.63) is 0 Å². The van der Waals surface area contributed by atoms with Gasteiger partial charge in [0.15, 0.2) is 8.32 Å². The fourth-order valence-corrected chi connectivity index (χ4v) is 13.8. The molecule has 0 saturated carbocycles. The molecule has 0 N–H and O–H groups in total. The van der Waals surface area contributed by atoms with Crippen LogP contribution in [0.15, 0.2) is 0 Å². The van der Waals surface area contributed by atoms with Crippen LogP contribution in [0.2, 0.25) is 48.2 Å². The van der Waals surface area contributed by atoms with Gasteiger partial charge in [-0.2, -0.15) is 0 Å². The molecule has 0 aromatic carbocycles. The minimum atomic E-state index is -1.40. The molecule has 146 valence electrons. The average Bonchev–Trinajstić information content (AvgIpc) is 2.34. The first kappa shape index (κ1) is 27.8. The molecule has 0 amide bonds. The first-order chi connectivity index (χ1) is 10.7. The van der Waals surface area contributed by atoms with Gasteiger partial charge in [-0.25, -0.2) is 0 Å². The molecular formula is C19H47OPSi2Sn. The summed E-state index contributed by atoms with van der Waals surface area (Å²) in [7, 11) is -1.40. The second-order valence-electron chi connectivity index (χ2n) is 9.83. The van der Waals surface area contributed by atoms with Crippen molar-refractivity contribution >= 4 is 45.3 Å². The fraction of sp³-hybridized carbons (Fsp3) is 1.00. The third-order valence-electron chi connectivity index (χ3n) is 3.24. The molecule has 0 heterocycles. The molecule has 0 rings (SSSR count). The van der Waals surface area contributed by atoms with Crippen LogP contribution in [0.1, 0.15) is 60.3 Å². The number of hydrogen-bond acceptors (Lipinski definition) is 1. The molecule has 24 heavy (non-hydrogen) atoms. The standard InChI is InChI=1S/C11H29OPSi2.2C4H9.Sn/c1-11(2,3)10(12-14(4,5)6)13-15(7,8)9;2*1-3-4-2;/h10,13H,1-9H3;2*1,3-4H2,2H3;. The van der Waals surface area contributed by atoms with Gasteiger partial charge < -0.3 is 4.43 Å². The van der Waals surface area contributed by atoms with Crippen molar-refractivity contribution in [2.45, 2.75) is 114 Å². The Bertz CT molecular complexity index is 271. The molecule has 2 unspecified atom stereocenters. The SMILES string of the molecule is CC(C)(C)C(O[Si](C)(C)C)P[Si](C)(C)C.CCC[CH2][Sn][CH2]CCC. The fourth-order valence-electron chi connectivity index (χ4n) is 1.90. The normalized spacial score (nSPS) is 14.6. The summed E-state index contributed by atoms with van der Waals surface area (Å²) in [5.41, 5.74) is 0.291. The summed E-state index contributed by atoms with van der Waals surface area (Å²) >= 11 is 0.149. The monoisotopic (exact) mass is 498 g/mol. The van der Waals surface area contributed by atoms with Gasteiger partial charge in [0.2, 0.25) is 0 Å². The van der Waals surface area contributed by atoms with Crippen molar-refractivity contribution in [2.75, 3.05) is 0 Å². The molecule has 0 aliphatic carbocycles. The van der Waals surface area contributed by atoms with E-state index in [-0.39, 0.29) is 21.1 Å². The molecule has 0 fully saturated rings. The molecule has 1 nitrogen and oxygen atoms in total. The van der Waals surface area contributed by atoms with Gasteiger partial charge in [-0.05, 0) is 25.1 Å². The summed E-state index contributed by atoms with van der Waals surface area (Å²) < 4.78 is 9.61. The second kappa shape index (κ2) is 13.7. The molecule has 0 aliphatic heterocycles. The average molecular weight is 497 g/mol. The predicted molar refractivity (Wildman–Crippen MR) is 125 cm³/mol. The Labute approximate surface area is 168 Å². The summed E-state index contributed by atoms with van der Waals surface area (Å²) in [6.45, 7) is 25.7. The summed E-state index contributed by atoms with van der Waals surface area (Å²) in [5, 5.41) is 0. The van der Waals surface area contributed by atoms with E-state index in [9.17, 15) is 0 Å². The first-order valence-electron chi connectivity index (χ1n) is 9.89.